The maximum atomic E-state index is 5.40. The quantitative estimate of drug-likeness (QED) is 0.610. The summed E-state index contributed by atoms with van der Waals surface area (Å²) in [6.07, 6.45) is 1.81. The van der Waals surface area contributed by atoms with E-state index in [1.54, 1.807) is 21.3 Å². The average molecular weight is 272 g/mol. The summed E-state index contributed by atoms with van der Waals surface area (Å²) in [4.78, 5) is -0.0114. The third kappa shape index (κ3) is 3.82. The van der Waals surface area contributed by atoms with Crippen LogP contribution in [0, 0.1) is 0 Å². The molecule has 0 spiro atoms. The molecule has 1 rings (SSSR count). The first-order valence-corrected chi connectivity index (χ1v) is 7.87. The molecule has 0 aliphatic heterocycles. The standard InChI is InChI=1S/C12H20O3SSi/c1-13-17(14-2,15-3)12(16)10-9-11-7-5-4-6-8-11/h4-8,12,16H,9-10H2,1-3H3. The van der Waals surface area contributed by atoms with Crippen LogP contribution in [0.15, 0.2) is 30.3 Å². The molecule has 0 radical (unpaired) electrons. The second-order valence-corrected chi connectivity index (χ2v) is 7.99. The zero-order chi connectivity index (χ0) is 12.7. The Bertz CT molecular complexity index is 309. The summed E-state index contributed by atoms with van der Waals surface area (Å²) in [6.45, 7) is 0. The maximum Gasteiger partial charge on any atom is 0.513 e. The van der Waals surface area contributed by atoms with Gasteiger partial charge in [0, 0.05) is 21.3 Å². The second-order valence-electron chi connectivity index (χ2n) is 3.76. The van der Waals surface area contributed by atoms with Gasteiger partial charge in [0.2, 0.25) is 0 Å². The van der Waals surface area contributed by atoms with Crippen LogP contribution >= 0.6 is 12.6 Å². The zero-order valence-corrected chi connectivity index (χ0v) is 12.4. The highest BCUT2D eigenvalue weighted by molar-refractivity contribution is 7.83. The third-order valence-corrected chi connectivity index (χ3v) is 6.83. The van der Waals surface area contributed by atoms with Crippen molar-refractivity contribution in [3.63, 3.8) is 0 Å². The predicted molar refractivity (Wildman–Crippen MR) is 74.3 cm³/mol. The molecule has 1 atom stereocenters. The van der Waals surface area contributed by atoms with Crippen LogP contribution in [0.2, 0.25) is 0 Å². The summed E-state index contributed by atoms with van der Waals surface area (Å²) in [6, 6.07) is 10.3. The summed E-state index contributed by atoms with van der Waals surface area (Å²) in [7, 11) is 2.24. The Morgan fingerprint density at radius 1 is 1.06 bits per heavy atom. The van der Waals surface area contributed by atoms with E-state index in [0.29, 0.717) is 0 Å². The number of aryl methyl sites for hydroxylation is 1. The van der Waals surface area contributed by atoms with Crippen LogP contribution in [0.4, 0.5) is 0 Å². The van der Waals surface area contributed by atoms with Crippen molar-refractivity contribution in [1.29, 1.82) is 0 Å². The highest BCUT2D eigenvalue weighted by atomic mass is 32.1. The summed E-state index contributed by atoms with van der Waals surface area (Å²) in [5.41, 5.74) is 1.29. The van der Waals surface area contributed by atoms with E-state index in [2.05, 4.69) is 24.8 Å². The maximum absolute atomic E-state index is 5.40. The van der Waals surface area contributed by atoms with E-state index in [-0.39, 0.29) is 4.87 Å². The van der Waals surface area contributed by atoms with Crippen LogP contribution in [-0.4, -0.2) is 35.0 Å². The summed E-state index contributed by atoms with van der Waals surface area (Å²) < 4.78 is 16.2. The van der Waals surface area contributed by atoms with Crippen LogP contribution in [0.5, 0.6) is 0 Å². The van der Waals surface area contributed by atoms with E-state index in [0.717, 1.165) is 12.8 Å². The first kappa shape index (κ1) is 14.7. The lowest BCUT2D eigenvalue weighted by molar-refractivity contribution is 0.121. The Labute approximate surface area is 110 Å². The predicted octanol–water partition coefficient (Wildman–Crippen LogP) is 2.33. The molecule has 0 amide bonds. The van der Waals surface area contributed by atoms with Gasteiger partial charge >= 0.3 is 8.80 Å². The fourth-order valence-corrected chi connectivity index (χ4v) is 4.67. The van der Waals surface area contributed by atoms with Gasteiger partial charge in [-0.25, -0.2) is 0 Å². The Balaban J connectivity index is 2.56. The number of rotatable bonds is 7. The molecule has 0 saturated carbocycles. The first-order valence-electron chi connectivity index (χ1n) is 5.56. The molecule has 0 saturated heterocycles. The highest BCUT2D eigenvalue weighted by Crippen LogP contribution is 2.21. The van der Waals surface area contributed by atoms with Crippen LogP contribution in [0.1, 0.15) is 12.0 Å². The van der Waals surface area contributed by atoms with Crippen molar-refractivity contribution < 1.29 is 13.3 Å². The molecule has 0 aliphatic rings. The van der Waals surface area contributed by atoms with Gasteiger partial charge in [-0.15, -0.1) is 0 Å². The SMILES string of the molecule is CO[Si](OC)(OC)C(S)CCc1ccccc1. The number of benzene rings is 1. The Morgan fingerprint density at radius 3 is 2.06 bits per heavy atom. The van der Waals surface area contributed by atoms with Crippen LogP contribution in [0.25, 0.3) is 0 Å². The third-order valence-electron chi connectivity index (χ3n) is 2.81. The van der Waals surface area contributed by atoms with Gasteiger partial charge in [0.25, 0.3) is 0 Å². The van der Waals surface area contributed by atoms with E-state index in [1.807, 2.05) is 18.2 Å². The van der Waals surface area contributed by atoms with Gasteiger partial charge in [0.1, 0.15) is 0 Å². The van der Waals surface area contributed by atoms with E-state index in [4.69, 9.17) is 13.3 Å². The van der Waals surface area contributed by atoms with Crippen LogP contribution < -0.4 is 0 Å². The summed E-state index contributed by atoms with van der Waals surface area (Å²) >= 11 is 4.57. The molecule has 17 heavy (non-hydrogen) atoms. The van der Waals surface area contributed by atoms with Crippen molar-refractivity contribution in [2.45, 2.75) is 17.7 Å². The number of thiol groups is 1. The Kier molecular flexibility index (Phi) is 6.22. The van der Waals surface area contributed by atoms with Gasteiger partial charge in [0.05, 0.1) is 4.87 Å². The second kappa shape index (κ2) is 7.18. The largest absolute Gasteiger partial charge is 0.513 e. The van der Waals surface area contributed by atoms with Crippen LogP contribution in [0.3, 0.4) is 0 Å². The molecule has 1 unspecified atom stereocenters. The lowest BCUT2D eigenvalue weighted by Gasteiger charge is -2.29. The molecule has 5 heteroatoms. The Hall–Kier alpha value is -0.333. The minimum absolute atomic E-state index is 0.0114. The molecule has 0 heterocycles. The first-order chi connectivity index (χ1) is 8.18. The van der Waals surface area contributed by atoms with E-state index < -0.39 is 8.80 Å². The highest BCUT2D eigenvalue weighted by Gasteiger charge is 2.45. The van der Waals surface area contributed by atoms with E-state index in [1.165, 1.54) is 5.56 Å². The molecule has 96 valence electrons. The van der Waals surface area contributed by atoms with Crippen molar-refractivity contribution in [1.82, 2.24) is 0 Å². The van der Waals surface area contributed by atoms with Gasteiger partial charge in [-0.3, -0.25) is 0 Å². The average Bonchev–Trinajstić information content (AvgIpc) is 2.40. The minimum Gasteiger partial charge on any atom is -0.376 e. The molecule has 1 aromatic carbocycles. The molecule has 0 aromatic heterocycles. The monoisotopic (exact) mass is 272 g/mol. The van der Waals surface area contributed by atoms with Crippen molar-refractivity contribution in [3.05, 3.63) is 35.9 Å². The molecule has 0 N–H and O–H groups in total. The molecular formula is C12H20O3SSi. The summed E-state index contributed by atoms with van der Waals surface area (Å²) in [5.74, 6) is 0. The molecule has 0 fully saturated rings. The fraction of sp³-hybridized carbons (Fsp3) is 0.500. The zero-order valence-electron chi connectivity index (χ0n) is 10.6. The lowest BCUT2D eigenvalue weighted by atomic mass is 10.1. The minimum atomic E-state index is -2.61. The van der Waals surface area contributed by atoms with Crippen molar-refractivity contribution in [2.24, 2.45) is 0 Å². The molecule has 0 aliphatic carbocycles. The van der Waals surface area contributed by atoms with Gasteiger partial charge in [-0.2, -0.15) is 12.6 Å². The molecule has 1 aromatic rings. The van der Waals surface area contributed by atoms with Crippen LogP contribution in [-0.2, 0) is 19.7 Å². The van der Waals surface area contributed by atoms with Gasteiger partial charge in [0.15, 0.2) is 0 Å². The fourth-order valence-electron chi connectivity index (χ4n) is 1.78. The number of hydrogen-bond donors (Lipinski definition) is 1. The summed E-state index contributed by atoms with van der Waals surface area (Å²) in [5, 5.41) is 0. The molecule has 0 bridgehead atoms. The van der Waals surface area contributed by atoms with Gasteiger partial charge < -0.3 is 13.3 Å². The number of hydrogen-bond acceptors (Lipinski definition) is 4. The van der Waals surface area contributed by atoms with Crippen molar-refractivity contribution in [2.75, 3.05) is 21.3 Å². The smallest absolute Gasteiger partial charge is 0.376 e. The Morgan fingerprint density at radius 2 is 1.59 bits per heavy atom. The van der Waals surface area contributed by atoms with Gasteiger partial charge in [-0.05, 0) is 18.4 Å². The normalized spacial score (nSPS) is 13.6. The van der Waals surface area contributed by atoms with Crippen molar-refractivity contribution in [3.8, 4) is 0 Å². The molecule has 3 nitrogen and oxygen atoms in total. The van der Waals surface area contributed by atoms with E-state index in [9.17, 15) is 0 Å². The lowest BCUT2D eigenvalue weighted by Crippen LogP contribution is -2.52. The van der Waals surface area contributed by atoms with Gasteiger partial charge in [-0.1, -0.05) is 30.3 Å². The molecular weight excluding hydrogens is 252 g/mol. The van der Waals surface area contributed by atoms with E-state index >= 15 is 0 Å². The van der Waals surface area contributed by atoms with Crippen molar-refractivity contribution >= 4 is 21.4 Å². The topological polar surface area (TPSA) is 27.7 Å².